The standard InChI is InChI=1S/C43H56ClF3N8O7/c1-26(2)34(49-39(57)60-7)38(56)54-25-27(3)24-33(54)37-48-35(36(44)50-37)30-10-8-28(9-11-30)29-12-14-32(15-13-29)55(62-43(45,46)47)40(58)52-22-20-51(21-23-52)31-16-18-53(19-17-31)41(59)61-42(4,5)6/h8-15,26-27,31,33-34H,16-25H2,1-7H3,(H,48,50)(H,49,57)/t27-,33-,34?/m0/s1. The minimum atomic E-state index is -5.12. The number of rotatable bonds is 9. The third-order valence-electron chi connectivity index (χ3n) is 11.4. The van der Waals surface area contributed by atoms with Crippen molar-refractivity contribution in [2.45, 2.75) is 90.9 Å². The van der Waals surface area contributed by atoms with E-state index in [4.69, 9.17) is 26.1 Å². The molecule has 6 rings (SSSR count). The minimum absolute atomic E-state index is 0.0879. The molecule has 0 radical (unpaired) electrons. The normalized spacial score (nSPS) is 19.7. The number of aromatic amines is 1. The zero-order valence-electron chi connectivity index (χ0n) is 36.1. The number of alkyl halides is 3. The van der Waals surface area contributed by atoms with E-state index in [0.717, 1.165) is 18.4 Å². The molecule has 4 heterocycles. The Labute approximate surface area is 364 Å². The molecule has 3 aromatic rings. The van der Waals surface area contributed by atoms with Crippen molar-refractivity contribution in [3.8, 4) is 22.4 Å². The Morgan fingerprint density at radius 2 is 1.47 bits per heavy atom. The van der Waals surface area contributed by atoms with E-state index in [9.17, 15) is 32.3 Å². The number of carbonyl (C=O) groups excluding carboxylic acids is 4. The summed E-state index contributed by atoms with van der Waals surface area (Å²) >= 11 is 6.69. The number of urea groups is 1. The van der Waals surface area contributed by atoms with Gasteiger partial charge in [0.15, 0.2) is 0 Å². The average molecular weight is 889 g/mol. The monoisotopic (exact) mass is 888 g/mol. The summed E-state index contributed by atoms with van der Waals surface area (Å²) in [5.74, 6) is 0.248. The number of alkyl carbamates (subject to hydrolysis) is 1. The maximum atomic E-state index is 13.7. The van der Waals surface area contributed by atoms with Gasteiger partial charge in [0, 0.05) is 57.4 Å². The third kappa shape index (κ3) is 11.3. The van der Waals surface area contributed by atoms with Gasteiger partial charge in [0.05, 0.1) is 18.8 Å². The van der Waals surface area contributed by atoms with Gasteiger partial charge in [0.25, 0.3) is 0 Å². The molecule has 3 fully saturated rings. The number of halogens is 4. The number of ether oxygens (including phenoxy) is 2. The molecule has 19 heteroatoms. The number of piperazine rings is 1. The van der Waals surface area contributed by atoms with Crippen molar-refractivity contribution in [3.05, 3.63) is 59.5 Å². The van der Waals surface area contributed by atoms with Crippen LogP contribution in [0, 0.1) is 11.8 Å². The van der Waals surface area contributed by atoms with Gasteiger partial charge in [-0.2, -0.15) is 9.90 Å². The van der Waals surface area contributed by atoms with Gasteiger partial charge in [-0.15, -0.1) is 13.2 Å². The van der Waals surface area contributed by atoms with Crippen LogP contribution in [0.2, 0.25) is 5.15 Å². The first-order valence-electron chi connectivity index (χ1n) is 20.9. The molecular formula is C43H56ClF3N8O7. The van der Waals surface area contributed by atoms with Gasteiger partial charge in [-0.25, -0.2) is 19.4 Å². The summed E-state index contributed by atoms with van der Waals surface area (Å²) in [5.41, 5.74) is 1.91. The zero-order valence-corrected chi connectivity index (χ0v) is 36.9. The summed E-state index contributed by atoms with van der Waals surface area (Å²) in [6.07, 6.45) is -4.07. The fourth-order valence-corrected chi connectivity index (χ4v) is 8.46. The van der Waals surface area contributed by atoms with Crippen molar-refractivity contribution in [2.24, 2.45) is 11.8 Å². The lowest BCUT2D eigenvalue weighted by Crippen LogP contribution is -2.57. The highest BCUT2D eigenvalue weighted by atomic mass is 35.5. The van der Waals surface area contributed by atoms with E-state index in [1.54, 1.807) is 21.9 Å². The van der Waals surface area contributed by atoms with Crippen LogP contribution >= 0.6 is 11.6 Å². The molecule has 0 aliphatic carbocycles. The van der Waals surface area contributed by atoms with Crippen LogP contribution in [0.4, 0.5) is 33.2 Å². The Kier molecular flexibility index (Phi) is 14.3. The van der Waals surface area contributed by atoms with E-state index >= 15 is 0 Å². The summed E-state index contributed by atoms with van der Waals surface area (Å²) < 4.78 is 51.3. The number of anilines is 1. The highest BCUT2D eigenvalue weighted by Crippen LogP contribution is 2.38. The SMILES string of the molecule is COC(=O)NC(C(=O)N1C[C@@H](C)C[C@H]1c1nc(-c2ccc(-c3ccc(N(OC(F)(F)F)C(=O)N4CCN(C5CCN(C(=O)OC(C)(C)C)CC5)CC4)cc3)cc2)c(Cl)[nH]1)C(C)C. The molecule has 5 amide bonds. The molecule has 0 saturated carbocycles. The van der Waals surface area contributed by atoms with E-state index in [-0.39, 0.29) is 58.9 Å². The van der Waals surface area contributed by atoms with Crippen LogP contribution in [-0.4, -0.2) is 131 Å². The number of hydroxylamine groups is 1. The van der Waals surface area contributed by atoms with Crippen LogP contribution in [0.15, 0.2) is 48.5 Å². The van der Waals surface area contributed by atoms with Crippen LogP contribution in [-0.2, 0) is 19.1 Å². The molecule has 3 aliphatic rings. The van der Waals surface area contributed by atoms with Gasteiger partial charge in [0.1, 0.15) is 28.3 Å². The van der Waals surface area contributed by atoms with E-state index in [0.29, 0.717) is 61.8 Å². The van der Waals surface area contributed by atoms with Crippen LogP contribution < -0.4 is 10.4 Å². The van der Waals surface area contributed by atoms with Gasteiger partial charge < -0.3 is 34.5 Å². The van der Waals surface area contributed by atoms with Crippen molar-refractivity contribution >= 4 is 41.4 Å². The van der Waals surface area contributed by atoms with Gasteiger partial charge in [-0.1, -0.05) is 68.8 Å². The van der Waals surface area contributed by atoms with Crippen LogP contribution in [0.1, 0.15) is 72.7 Å². The van der Waals surface area contributed by atoms with Crippen LogP contribution in [0.5, 0.6) is 0 Å². The lowest BCUT2D eigenvalue weighted by molar-refractivity contribution is -0.325. The maximum Gasteiger partial charge on any atom is 0.544 e. The minimum Gasteiger partial charge on any atom is -0.453 e. The van der Waals surface area contributed by atoms with Gasteiger partial charge in [0.2, 0.25) is 5.91 Å². The second kappa shape index (κ2) is 19.1. The highest BCUT2D eigenvalue weighted by Gasteiger charge is 2.42. The molecule has 3 saturated heterocycles. The summed E-state index contributed by atoms with van der Waals surface area (Å²) in [7, 11) is 1.25. The molecule has 3 aliphatic heterocycles. The largest absolute Gasteiger partial charge is 0.544 e. The first kappa shape index (κ1) is 46.4. The van der Waals surface area contributed by atoms with Crippen molar-refractivity contribution in [1.82, 2.24) is 34.9 Å². The molecule has 2 aromatic carbocycles. The number of amides is 5. The fourth-order valence-electron chi connectivity index (χ4n) is 8.21. The van der Waals surface area contributed by atoms with Crippen molar-refractivity contribution < 1.29 is 46.7 Å². The van der Waals surface area contributed by atoms with E-state index in [2.05, 4.69) is 20.0 Å². The Bertz CT molecular complexity index is 2040. The summed E-state index contributed by atoms with van der Waals surface area (Å²) in [6, 6.07) is 11.4. The predicted octanol–water partition coefficient (Wildman–Crippen LogP) is 8.08. The number of benzene rings is 2. The first-order valence-corrected chi connectivity index (χ1v) is 21.3. The molecular weight excluding hydrogens is 833 g/mol. The quantitative estimate of drug-likeness (QED) is 0.203. The Hall–Kier alpha value is -5.07. The van der Waals surface area contributed by atoms with E-state index < -0.39 is 36.2 Å². The third-order valence-corrected chi connectivity index (χ3v) is 11.6. The molecule has 0 spiro atoms. The van der Waals surface area contributed by atoms with Crippen molar-refractivity contribution in [1.29, 1.82) is 0 Å². The molecule has 338 valence electrons. The van der Waals surface area contributed by atoms with E-state index in [1.807, 2.05) is 65.8 Å². The second-order valence-electron chi connectivity index (χ2n) is 17.4. The maximum absolute atomic E-state index is 13.7. The fraction of sp³-hybridized carbons (Fsp3) is 0.558. The smallest absolute Gasteiger partial charge is 0.453 e. The molecule has 62 heavy (non-hydrogen) atoms. The Morgan fingerprint density at radius 1 is 0.887 bits per heavy atom. The molecule has 15 nitrogen and oxygen atoms in total. The number of aromatic nitrogens is 2. The summed E-state index contributed by atoms with van der Waals surface area (Å²) in [6.45, 7) is 14.1. The molecule has 0 bridgehead atoms. The predicted molar refractivity (Wildman–Crippen MR) is 226 cm³/mol. The first-order chi connectivity index (χ1) is 29.2. The number of piperidine rings is 1. The van der Waals surface area contributed by atoms with Gasteiger partial charge in [-0.05, 0) is 75.1 Å². The number of hydrogen-bond acceptors (Lipinski definition) is 9. The van der Waals surface area contributed by atoms with E-state index in [1.165, 1.54) is 24.1 Å². The molecule has 3 atom stereocenters. The number of likely N-dealkylation sites (tertiary alicyclic amines) is 2. The second-order valence-corrected chi connectivity index (χ2v) is 17.8. The van der Waals surface area contributed by atoms with Gasteiger partial charge >= 0.3 is 24.6 Å². The zero-order chi connectivity index (χ0) is 45.1. The highest BCUT2D eigenvalue weighted by molar-refractivity contribution is 6.31. The topological polar surface area (TPSA) is 153 Å². The Morgan fingerprint density at radius 3 is 2.02 bits per heavy atom. The van der Waals surface area contributed by atoms with Crippen molar-refractivity contribution in [3.63, 3.8) is 0 Å². The average Bonchev–Trinajstić information content (AvgIpc) is 3.82. The summed E-state index contributed by atoms with van der Waals surface area (Å²) in [4.78, 5) is 71.1. The van der Waals surface area contributed by atoms with Crippen molar-refractivity contribution in [2.75, 3.05) is 58.0 Å². The molecule has 1 aromatic heterocycles. The number of hydrogen-bond donors (Lipinski definition) is 2. The van der Waals surface area contributed by atoms with Crippen LogP contribution in [0.3, 0.4) is 0 Å². The molecule has 1 unspecified atom stereocenters. The van der Waals surface area contributed by atoms with Gasteiger partial charge in [-0.3, -0.25) is 9.69 Å². The lowest BCUT2D eigenvalue weighted by Gasteiger charge is -2.43. The number of nitrogens with one attached hydrogen (secondary N) is 2. The molecule has 2 N–H and O–H groups in total. The van der Waals surface area contributed by atoms with Crippen LogP contribution in [0.25, 0.3) is 22.4 Å². The lowest BCUT2D eigenvalue weighted by atomic mass is 10.0. The summed E-state index contributed by atoms with van der Waals surface area (Å²) in [5, 5.41) is 3.23. The number of H-pyrrole nitrogens is 1. The Balaban J connectivity index is 1.09. The number of carbonyl (C=O) groups is 4. The number of nitrogens with zero attached hydrogens (tertiary/aromatic N) is 6. The number of methoxy groups -OCH3 is 1. The number of imidazole rings is 1.